The number of ether oxygens (including phenoxy) is 8. The molecule has 560 valence electrons. The Morgan fingerprint density at radius 3 is 0.539 bits per heavy atom. The molecular formula is C70H92N4O20S8. The van der Waals surface area contributed by atoms with Crippen molar-refractivity contribution < 1.29 is 95.4 Å². The Kier molecular flexibility index (Phi) is 45.9. The molecule has 32 heteroatoms. The van der Waals surface area contributed by atoms with Gasteiger partial charge in [0.25, 0.3) is 0 Å². The summed E-state index contributed by atoms with van der Waals surface area (Å²) in [5, 5.41) is 10.9. The zero-order valence-corrected chi connectivity index (χ0v) is 65.2. The number of hydrogen-bond donors (Lipinski definition) is 4. The number of carbonyl (C=O) groups is 12. The molecular weight excluding hydrogens is 1470 g/mol. The molecule has 0 aliphatic heterocycles. The number of nitrogens with one attached hydrogen (secondary N) is 4. The van der Waals surface area contributed by atoms with E-state index in [-0.39, 0.29) is 121 Å². The number of anilines is 4. The number of thioether (sulfide) groups is 8. The zero-order valence-electron chi connectivity index (χ0n) is 58.6. The molecule has 4 N–H and O–H groups in total. The first-order chi connectivity index (χ1) is 49.1. The Labute approximate surface area is 630 Å². The normalized spacial score (nSPS) is 10.9. The number of hydrogen-bond acceptors (Lipinski definition) is 32. The molecule has 0 saturated heterocycles. The van der Waals surface area contributed by atoms with Gasteiger partial charge >= 0.3 is 47.8 Å². The fourth-order valence-electron chi connectivity index (χ4n) is 8.02. The van der Waals surface area contributed by atoms with Crippen LogP contribution in [-0.2, 0) is 76.3 Å². The maximum absolute atomic E-state index is 13.2. The molecule has 24 nitrogen and oxygen atoms in total. The van der Waals surface area contributed by atoms with Crippen LogP contribution >= 0.6 is 94.1 Å². The van der Waals surface area contributed by atoms with Gasteiger partial charge in [0.15, 0.2) is 0 Å². The first-order valence-electron chi connectivity index (χ1n) is 32.1. The smallest absolute Gasteiger partial charge is 0.306 e. The van der Waals surface area contributed by atoms with Gasteiger partial charge in [-0.15, -0.1) is 0 Å². The quantitative estimate of drug-likeness (QED) is 0.0236. The van der Waals surface area contributed by atoms with E-state index in [1.807, 2.05) is 25.0 Å². The summed E-state index contributed by atoms with van der Waals surface area (Å²) in [6, 6.07) is 27.3. The molecule has 0 aliphatic carbocycles. The second-order valence-corrected chi connectivity index (χ2v) is 30.3. The van der Waals surface area contributed by atoms with Crippen LogP contribution in [0.4, 0.5) is 22.7 Å². The van der Waals surface area contributed by atoms with Gasteiger partial charge < -0.3 is 59.2 Å². The molecule has 102 heavy (non-hydrogen) atoms. The van der Waals surface area contributed by atoms with Crippen LogP contribution in [0.3, 0.4) is 0 Å². The van der Waals surface area contributed by atoms with Crippen LogP contribution in [0.25, 0.3) is 0 Å². The van der Waals surface area contributed by atoms with E-state index < -0.39 is 85.0 Å². The highest BCUT2D eigenvalue weighted by molar-refractivity contribution is 8.15. The number of esters is 8. The average molecular weight is 1570 g/mol. The Bertz CT molecular complexity index is 2850. The van der Waals surface area contributed by atoms with Crippen molar-refractivity contribution in [1.29, 1.82) is 0 Å². The van der Waals surface area contributed by atoms with E-state index >= 15 is 0 Å². The van der Waals surface area contributed by atoms with Gasteiger partial charge in [0.1, 0.15) is 63.7 Å². The van der Waals surface area contributed by atoms with Gasteiger partial charge in [0, 0.05) is 119 Å². The van der Waals surface area contributed by atoms with Crippen molar-refractivity contribution in [3.05, 3.63) is 119 Å². The lowest BCUT2D eigenvalue weighted by atomic mass is 9.92. The van der Waals surface area contributed by atoms with Gasteiger partial charge in [-0.3, -0.25) is 57.5 Å². The second-order valence-electron chi connectivity index (χ2n) is 22.1. The van der Waals surface area contributed by atoms with Crippen molar-refractivity contribution in [2.24, 2.45) is 10.8 Å². The van der Waals surface area contributed by atoms with Gasteiger partial charge in [0.2, 0.25) is 20.5 Å². The minimum Gasteiger partial charge on any atom is -0.465 e. The average Bonchev–Trinajstić information content (AvgIpc) is 0.858. The maximum atomic E-state index is 13.2. The number of carbonyl (C=O) groups excluding carboxylic acids is 12. The molecule has 4 aromatic rings. The summed E-state index contributed by atoms with van der Waals surface area (Å²) in [6.45, 7) is -3.03. The van der Waals surface area contributed by atoms with Crippen molar-refractivity contribution in [2.45, 2.75) is 51.4 Å². The third kappa shape index (κ3) is 37.7. The molecule has 0 spiro atoms. The predicted octanol–water partition coefficient (Wildman–Crippen LogP) is 11.3. The third-order valence-corrected chi connectivity index (χ3v) is 20.2. The fraction of sp³-hybridized carbons (Fsp3) is 0.486. The van der Waals surface area contributed by atoms with Crippen molar-refractivity contribution in [2.75, 3.05) is 173 Å². The molecule has 0 fully saturated rings. The van der Waals surface area contributed by atoms with Gasteiger partial charge in [-0.05, 0) is 122 Å². The largest absolute Gasteiger partial charge is 0.465 e. The first-order valence-corrected chi connectivity index (χ1v) is 41.6. The van der Waals surface area contributed by atoms with E-state index in [0.717, 1.165) is 69.8 Å². The standard InChI is InChI=1S/C49H56N4O12S4.C21H36O8S4/c1-50-37-13-5-33(6-14-37)45(58)66-25-21-41(54)62-29-49(30-63-42(55)22-26-67-46(59)34-7-15-38(51-2)16-8-34,31-64-43(56)23-27-68-47(60)35-9-17-39(52-3)18-10-35)32-65-44(57)24-28-69-48(61)36-11-19-40(53-4)20-12-36;1-30-9-5-17(22)26-13-21(14-27-18(23)6-10-31-2,15-28-19(24)7-11-32-3)16-29-20(25)8-12-33-4/h5-20,50-53H,21-32H2,1-4H3;5-16H2,1-4H3. The van der Waals surface area contributed by atoms with E-state index in [2.05, 4.69) is 21.3 Å². The topological polar surface area (TPSA) is 327 Å². The van der Waals surface area contributed by atoms with Crippen LogP contribution in [0.1, 0.15) is 92.8 Å². The lowest BCUT2D eigenvalue weighted by Gasteiger charge is -2.31. The van der Waals surface area contributed by atoms with Crippen LogP contribution in [-0.4, -0.2) is 220 Å². The van der Waals surface area contributed by atoms with Crippen molar-refractivity contribution >= 4 is 185 Å². The van der Waals surface area contributed by atoms with Crippen molar-refractivity contribution in [3.8, 4) is 0 Å². The lowest BCUT2D eigenvalue weighted by Crippen LogP contribution is -2.44. The minimum atomic E-state index is -1.64. The van der Waals surface area contributed by atoms with Crippen LogP contribution < -0.4 is 21.3 Å². The van der Waals surface area contributed by atoms with E-state index in [1.165, 1.54) is 47.0 Å². The van der Waals surface area contributed by atoms with Gasteiger partial charge in [-0.25, -0.2) is 0 Å². The molecule has 0 aromatic heterocycles. The molecule has 0 radical (unpaired) electrons. The third-order valence-electron chi connectivity index (χ3n) is 14.2. The summed E-state index contributed by atoms with van der Waals surface area (Å²) in [6.07, 6.45) is 7.59. The Morgan fingerprint density at radius 2 is 0.402 bits per heavy atom. The molecule has 0 saturated carbocycles. The highest BCUT2D eigenvalue weighted by Crippen LogP contribution is 2.27. The fourth-order valence-corrected chi connectivity index (χ4v) is 12.5. The SMILES string of the molecule is CNc1ccc(C(=O)SCCC(=O)OCC(COC(=O)CCSC(=O)c2ccc(NC)cc2)(COC(=O)CCSC(=O)c2ccc(NC)cc2)COC(=O)CCSC(=O)c2ccc(NC)cc2)cc1.CSCCC(=O)OCC(COC(=O)CCSC)(COC(=O)CCSC)COC(=O)CCSC. The minimum absolute atomic E-state index is 0.0689. The zero-order chi connectivity index (χ0) is 75.0. The van der Waals surface area contributed by atoms with Crippen LogP contribution in [0.2, 0.25) is 0 Å². The summed E-state index contributed by atoms with van der Waals surface area (Å²) in [5.74, 6) is -1.96. The number of benzene rings is 4. The Hall–Kier alpha value is -6.68. The predicted molar refractivity (Wildman–Crippen MR) is 414 cm³/mol. The monoisotopic (exact) mass is 1560 g/mol. The van der Waals surface area contributed by atoms with Gasteiger partial charge in [-0.1, -0.05) is 47.0 Å². The number of rotatable bonds is 48. The second kappa shape index (κ2) is 52.3. The molecule has 0 amide bonds. The molecule has 4 aromatic carbocycles. The first kappa shape index (κ1) is 89.5. The summed E-state index contributed by atoms with van der Waals surface area (Å²) in [7, 11) is 7.03. The molecule has 0 atom stereocenters. The summed E-state index contributed by atoms with van der Waals surface area (Å²) in [4.78, 5) is 152. The molecule has 0 heterocycles. The Morgan fingerprint density at radius 1 is 0.255 bits per heavy atom. The van der Waals surface area contributed by atoms with Crippen molar-refractivity contribution in [3.63, 3.8) is 0 Å². The van der Waals surface area contributed by atoms with E-state index in [0.29, 0.717) is 45.3 Å². The van der Waals surface area contributed by atoms with Crippen LogP contribution in [0.5, 0.6) is 0 Å². The molecule has 4 rings (SSSR count). The maximum Gasteiger partial charge on any atom is 0.306 e. The van der Waals surface area contributed by atoms with Gasteiger partial charge in [-0.2, -0.15) is 47.0 Å². The summed E-state index contributed by atoms with van der Waals surface area (Å²) >= 11 is 9.74. The van der Waals surface area contributed by atoms with Crippen LogP contribution in [0.15, 0.2) is 97.1 Å². The Balaban J connectivity index is 0.000000688. The lowest BCUT2D eigenvalue weighted by molar-refractivity contribution is -0.173. The molecule has 0 bridgehead atoms. The van der Waals surface area contributed by atoms with Crippen LogP contribution in [0, 0.1) is 10.8 Å². The molecule has 0 aliphatic rings. The molecule has 0 unspecified atom stereocenters. The summed E-state index contributed by atoms with van der Waals surface area (Å²) < 4.78 is 44.2. The van der Waals surface area contributed by atoms with E-state index in [4.69, 9.17) is 37.9 Å². The van der Waals surface area contributed by atoms with Crippen molar-refractivity contribution in [1.82, 2.24) is 0 Å². The van der Waals surface area contributed by atoms with E-state index in [1.54, 1.807) is 125 Å². The highest BCUT2D eigenvalue weighted by atomic mass is 32.2. The highest BCUT2D eigenvalue weighted by Gasteiger charge is 2.40. The summed E-state index contributed by atoms with van der Waals surface area (Å²) in [5.41, 5.74) is 2.26. The van der Waals surface area contributed by atoms with E-state index in [9.17, 15) is 57.5 Å². The van der Waals surface area contributed by atoms with Gasteiger partial charge in [0.05, 0.1) is 51.4 Å².